The lowest BCUT2D eigenvalue weighted by molar-refractivity contribution is 0.0689. The van der Waals surface area contributed by atoms with Gasteiger partial charge in [-0.3, -0.25) is 0 Å². The average molecular weight is 382 g/mol. The molecule has 1 atom stereocenters. The van der Waals surface area contributed by atoms with Crippen molar-refractivity contribution in [2.75, 3.05) is 32.8 Å². The molecule has 4 rings (SSSR count). The van der Waals surface area contributed by atoms with Crippen molar-refractivity contribution in [2.45, 2.75) is 12.6 Å². The average Bonchev–Trinajstić information content (AvgIpc) is 3.11. The number of benzene rings is 1. The highest BCUT2D eigenvalue weighted by Gasteiger charge is 2.40. The highest BCUT2D eigenvalue weighted by molar-refractivity contribution is 7.86. The molecule has 0 amide bonds. The lowest BCUT2D eigenvalue weighted by Gasteiger charge is -2.39. The maximum atomic E-state index is 13.3. The minimum atomic E-state index is -3.57. The van der Waals surface area contributed by atoms with Gasteiger partial charge >= 0.3 is 0 Å². The minimum Gasteiger partial charge on any atom is -0.379 e. The molecule has 2 aromatic rings. The first-order valence-electron chi connectivity index (χ1n) is 8.32. The van der Waals surface area contributed by atoms with Crippen molar-refractivity contribution < 1.29 is 13.2 Å². The number of hydrogen-bond donors (Lipinski definition) is 0. The summed E-state index contributed by atoms with van der Waals surface area (Å²) in [6, 6.07) is 11.0. The van der Waals surface area contributed by atoms with E-state index in [4.69, 9.17) is 16.3 Å². The lowest BCUT2D eigenvalue weighted by Crippen LogP contribution is -2.52. The molecule has 2 aliphatic heterocycles. The molecule has 1 fully saturated rings. The standard InChI is InChI=1S/C17H20ClN3O3S/c18-15-5-3-14(4-6-15)17-16-2-1-7-19(16)8-9-21(17)25(22,23)20-10-12-24-13-11-20/h1-7,17H,8-13H2. The molecule has 3 heterocycles. The van der Waals surface area contributed by atoms with Gasteiger partial charge in [0.15, 0.2) is 0 Å². The van der Waals surface area contributed by atoms with Gasteiger partial charge < -0.3 is 9.30 Å². The molecule has 0 radical (unpaired) electrons. The number of fused-ring (bicyclic) bond motifs is 1. The molecule has 1 aromatic heterocycles. The van der Waals surface area contributed by atoms with E-state index in [-0.39, 0.29) is 6.04 Å². The van der Waals surface area contributed by atoms with Crippen LogP contribution in [-0.2, 0) is 21.5 Å². The van der Waals surface area contributed by atoms with Crippen LogP contribution in [0, 0.1) is 0 Å². The summed E-state index contributed by atoms with van der Waals surface area (Å²) in [6.45, 7) is 2.76. The van der Waals surface area contributed by atoms with Gasteiger partial charge in [0, 0.05) is 43.1 Å². The summed E-state index contributed by atoms with van der Waals surface area (Å²) in [5, 5.41) is 0.637. The Balaban J connectivity index is 1.76. The normalized spacial score (nSPS) is 22.7. The molecule has 2 aliphatic rings. The van der Waals surface area contributed by atoms with Gasteiger partial charge in [0.05, 0.1) is 19.3 Å². The molecular formula is C17H20ClN3O3S. The van der Waals surface area contributed by atoms with Gasteiger partial charge in [-0.15, -0.1) is 0 Å². The van der Waals surface area contributed by atoms with Crippen LogP contribution in [0.1, 0.15) is 17.3 Å². The second-order valence-corrected chi connectivity index (χ2v) is 8.53. The van der Waals surface area contributed by atoms with Crippen molar-refractivity contribution in [1.29, 1.82) is 0 Å². The molecule has 0 saturated carbocycles. The molecule has 25 heavy (non-hydrogen) atoms. The van der Waals surface area contributed by atoms with Gasteiger partial charge in [0.2, 0.25) is 0 Å². The first-order valence-corrected chi connectivity index (χ1v) is 10.1. The van der Waals surface area contributed by atoms with Crippen LogP contribution >= 0.6 is 11.6 Å². The summed E-state index contributed by atoms with van der Waals surface area (Å²) in [5.41, 5.74) is 1.89. The van der Waals surface area contributed by atoms with Crippen molar-refractivity contribution in [3.05, 3.63) is 58.9 Å². The van der Waals surface area contributed by atoms with E-state index in [9.17, 15) is 8.42 Å². The number of morpholine rings is 1. The number of nitrogens with zero attached hydrogens (tertiary/aromatic N) is 3. The Morgan fingerprint density at radius 3 is 2.44 bits per heavy atom. The second-order valence-electron chi connectivity index (χ2n) is 6.21. The summed E-state index contributed by atoms with van der Waals surface area (Å²) in [6.07, 6.45) is 2.00. The number of ether oxygens (including phenoxy) is 1. The monoisotopic (exact) mass is 381 g/mol. The van der Waals surface area contributed by atoms with Gasteiger partial charge in [0.25, 0.3) is 10.2 Å². The molecule has 134 valence electrons. The Kier molecular flexibility index (Phi) is 4.59. The van der Waals surface area contributed by atoms with Crippen molar-refractivity contribution in [3.63, 3.8) is 0 Å². The van der Waals surface area contributed by atoms with Crippen molar-refractivity contribution in [1.82, 2.24) is 13.2 Å². The molecule has 6 nitrogen and oxygen atoms in total. The predicted octanol–water partition coefficient (Wildman–Crippen LogP) is 2.12. The lowest BCUT2D eigenvalue weighted by atomic mass is 10.0. The summed E-state index contributed by atoms with van der Waals surface area (Å²) < 4.78 is 37.1. The largest absolute Gasteiger partial charge is 0.379 e. The predicted molar refractivity (Wildman–Crippen MR) is 95.7 cm³/mol. The maximum absolute atomic E-state index is 13.3. The van der Waals surface area contributed by atoms with E-state index in [0.29, 0.717) is 44.4 Å². The Morgan fingerprint density at radius 1 is 1.00 bits per heavy atom. The number of hydrogen-bond acceptors (Lipinski definition) is 3. The van der Waals surface area contributed by atoms with E-state index in [1.54, 1.807) is 16.4 Å². The molecule has 0 spiro atoms. The molecule has 1 aromatic carbocycles. The Bertz CT molecular complexity index is 844. The molecular weight excluding hydrogens is 362 g/mol. The summed E-state index contributed by atoms with van der Waals surface area (Å²) in [4.78, 5) is 0. The fourth-order valence-electron chi connectivity index (χ4n) is 3.52. The van der Waals surface area contributed by atoms with Crippen LogP contribution in [0.2, 0.25) is 5.02 Å². The number of halogens is 1. The van der Waals surface area contributed by atoms with E-state index < -0.39 is 10.2 Å². The van der Waals surface area contributed by atoms with Gasteiger partial charge in [-0.1, -0.05) is 23.7 Å². The first-order chi connectivity index (χ1) is 12.1. The van der Waals surface area contributed by atoms with Crippen LogP contribution in [0.15, 0.2) is 42.6 Å². The first kappa shape index (κ1) is 17.1. The molecule has 1 saturated heterocycles. The van der Waals surface area contributed by atoms with E-state index in [0.717, 1.165) is 11.3 Å². The van der Waals surface area contributed by atoms with Gasteiger partial charge in [-0.05, 0) is 29.8 Å². The smallest absolute Gasteiger partial charge is 0.283 e. The van der Waals surface area contributed by atoms with Crippen LogP contribution in [0.5, 0.6) is 0 Å². The van der Waals surface area contributed by atoms with Gasteiger partial charge in [-0.25, -0.2) is 0 Å². The van der Waals surface area contributed by atoms with Crippen LogP contribution in [-0.4, -0.2) is 54.4 Å². The van der Waals surface area contributed by atoms with Crippen LogP contribution in [0.25, 0.3) is 0 Å². The van der Waals surface area contributed by atoms with Gasteiger partial charge in [-0.2, -0.15) is 17.0 Å². The Labute approximate surface area is 152 Å². The van der Waals surface area contributed by atoms with Crippen LogP contribution in [0.3, 0.4) is 0 Å². The summed E-state index contributed by atoms with van der Waals surface area (Å²) in [5.74, 6) is 0. The zero-order valence-electron chi connectivity index (χ0n) is 13.7. The highest BCUT2D eigenvalue weighted by Crippen LogP contribution is 2.35. The van der Waals surface area contributed by atoms with Crippen molar-refractivity contribution in [2.24, 2.45) is 0 Å². The molecule has 8 heteroatoms. The third-order valence-corrected chi connectivity index (χ3v) is 7.03. The number of rotatable bonds is 3. The Hall–Kier alpha value is -1.38. The van der Waals surface area contributed by atoms with Crippen molar-refractivity contribution in [3.8, 4) is 0 Å². The second kappa shape index (κ2) is 6.74. The fraction of sp³-hybridized carbons (Fsp3) is 0.412. The third-order valence-electron chi connectivity index (χ3n) is 4.77. The van der Waals surface area contributed by atoms with E-state index >= 15 is 0 Å². The van der Waals surface area contributed by atoms with E-state index in [2.05, 4.69) is 4.57 Å². The fourth-order valence-corrected chi connectivity index (χ4v) is 5.36. The Morgan fingerprint density at radius 2 is 1.72 bits per heavy atom. The molecule has 0 bridgehead atoms. The van der Waals surface area contributed by atoms with E-state index in [1.807, 2.05) is 30.5 Å². The molecule has 1 unspecified atom stereocenters. The molecule has 0 N–H and O–H groups in total. The number of aromatic nitrogens is 1. The topological polar surface area (TPSA) is 54.8 Å². The van der Waals surface area contributed by atoms with Crippen LogP contribution in [0.4, 0.5) is 0 Å². The molecule has 0 aliphatic carbocycles. The SMILES string of the molecule is O=S(=O)(N1CCOCC1)N1CCn2cccc2C1c1ccc(Cl)cc1. The maximum Gasteiger partial charge on any atom is 0.283 e. The third kappa shape index (κ3) is 3.11. The highest BCUT2D eigenvalue weighted by atomic mass is 35.5. The quantitative estimate of drug-likeness (QED) is 0.818. The summed E-state index contributed by atoms with van der Waals surface area (Å²) in [7, 11) is -3.57. The minimum absolute atomic E-state index is 0.353. The zero-order valence-corrected chi connectivity index (χ0v) is 15.3. The van der Waals surface area contributed by atoms with Gasteiger partial charge in [0.1, 0.15) is 0 Å². The zero-order chi connectivity index (χ0) is 17.4. The van der Waals surface area contributed by atoms with E-state index in [1.165, 1.54) is 4.31 Å². The van der Waals surface area contributed by atoms with Crippen molar-refractivity contribution >= 4 is 21.8 Å². The van der Waals surface area contributed by atoms with Crippen LogP contribution < -0.4 is 0 Å². The summed E-state index contributed by atoms with van der Waals surface area (Å²) >= 11 is 6.02.